The molecule has 0 aromatic rings. The Morgan fingerprint density at radius 3 is 1.36 bits per heavy atom. The third-order valence-electron chi connectivity index (χ3n) is 1.70. The summed E-state index contributed by atoms with van der Waals surface area (Å²) in [6.45, 7) is 7.53. The SMILES string of the molecule is CC(C)(C=NN=CC(C)(C)CO)CO. The van der Waals surface area contributed by atoms with Gasteiger partial charge in [-0.2, -0.15) is 10.2 Å². The van der Waals surface area contributed by atoms with Crippen molar-refractivity contribution in [2.75, 3.05) is 13.2 Å². The van der Waals surface area contributed by atoms with Crippen LogP contribution in [0, 0.1) is 10.8 Å². The highest BCUT2D eigenvalue weighted by Crippen LogP contribution is 2.11. The normalized spacial score (nSPS) is 14.4. The highest BCUT2D eigenvalue weighted by molar-refractivity contribution is 5.68. The largest absolute Gasteiger partial charge is 0.395 e. The minimum Gasteiger partial charge on any atom is -0.395 e. The summed E-state index contributed by atoms with van der Waals surface area (Å²) in [6.07, 6.45) is 3.19. The summed E-state index contributed by atoms with van der Waals surface area (Å²) in [4.78, 5) is 0. The average molecular weight is 200 g/mol. The zero-order valence-corrected chi connectivity index (χ0v) is 9.36. The minimum atomic E-state index is -0.347. The van der Waals surface area contributed by atoms with Crippen LogP contribution < -0.4 is 0 Å². The van der Waals surface area contributed by atoms with Crippen molar-refractivity contribution in [3.63, 3.8) is 0 Å². The Balaban J connectivity index is 4.18. The van der Waals surface area contributed by atoms with Crippen LogP contribution in [-0.4, -0.2) is 35.9 Å². The fraction of sp³-hybridized carbons (Fsp3) is 0.800. The van der Waals surface area contributed by atoms with Gasteiger partial charge in [0.2, 0.25) is 0 Å². The predicted molar refractivity (Wildman–Crippen MR) is 58.7 cm³/mol. The van der Waals surface area contributed by atoms with Crippen LogP contribution >= 0.6 is 0 Å². The van der Waals surface area contributed by atoms with Gasteiger partial charge in [0.1, 0.15) is 0 Å². The van der Waals surface area contributed by atoms with Gasteiger partial charge in [0.05, 0.1) is 13.2 Å². The van der Waals surface area contributed by atoms with E-state index in [1.807, 2.05) is 27.7 Å². The van der Waals surface area contributed by atoms with Crippen molar-refractivity contribution in [3.8, 4) is 0 Å². The Labute approximate surface area is 85.4 Å². The Kier molecular flexibility index (Phi) is 4.94. The van der Waals surface area contributed by atoms with E-state index >= 15 is 0 Å². The fourth-order valence-electron chi connectivity index (χ4n) is 0.461. The fourth-order valence-corrected chi connectivity index (χ4v) is 0.461. The molecule has 0 aliphatic heterocycles. The van der Waals surface area contributed by atoms with Crippen molar-refractivity contribution in [1.29, 1.82) is 0 Å². The van der Waals surface area contributed by atoms with E-state index in [-0.39, 0.29) is 24.0 Å². The highest BCUT2D eigenvalue weighted by atomic mass is 16.3. The standard InChI is InChI=1S/C10H20N2O2/c1-9(2,7-13)5-11-12-6-10(3,4)8-14/h5-6,13-14H,7-8H2,1-4H3. The quantitative estimate of drug-likeness (QED) is 0.515. The van der Waals surface area contributed by atoms with Crippen molar-refractivity contribution >= 4 is 12.4 Å². The zero-order chi connectivity index (χ0) is 11.2. The molecule has 0 aliphatic rings. The van der Waals surface area contributed by atoms with Gasteiger partial charge in [-0.1, -0.05) is 27.7 Å². The van der Waals surface area contributed by atoms with Crippen molar-refractivity contribution < 1.29 is 10.2 Å². The molecule has 0 heterocycles. The first-order valence-electron chi connectivity index (χ1n) is 4.63. The number of hydrogen-bond donors (Lipinski definition) is 2. The first kappa shape index (κ1) is 13.3. The Morgan fingerprint density at radius 1 is 0.857 bits per heavy atom. The Morgan fingerprint density at radius 2 is 1.14 bits per heavy atom. The lowest BCUT2D eigenvalue weighted by atomic mass is 9.97. The summed E-state index contributed by atoms with van der Waals surface area (Å²) in [5, 5.41) is 25.5. The molecule has 0 radical (unpaired) electrons. The van der Waals surface area contributed by atoms with Gasteiger partial charge in [-0.05, 0) is 0 Å². The third kappa shape index (κ3) is 5.83. The minimum absolute atomic E-state index is 0.0371. The zero-order valence-electron chi connectivity index (χ0n) is 9.36. The molecule has 0 fully saturated rings. The lowest BCUT2D eigenvalue weighted by Crippen LogP contribution is -2.19. The lowest BCUT2D eigenvalue weighted by Gasteiger charge is -2.14. The Hall–Kier alpha value is -0.740. The highest BCUT2D eigenvalue weighted by Gasteiger charge is 2.13. The maximum Gasteiger partial charge on any atom is 0.0532 e. The van der Waals surface area contributed by atoms with E-state index in [4.69, 9.17) is 10.2 Å². The number of aliphatic hydroxyl groups is 2. The molecule has 0 rings (SSSR count). The summed E-state index contributed by atoms with van der Waals surface area (Å²) in [5.74, 6) is 0. The van der Waals surface area contributed by atoms with E-state index < -0.39 is 0 Å². The van der Waals surface area contributed by atoms with Crippen LogP contribution in [0.3, 0.4) is 0 Å². The molecule has 0 amide bonds. The predicted octanol–water partition coefficient (Wildman–Crippen LogP) is 1.08. The van der Waals surface area contributed by atoms with E-state index in [1.165, 1.54) is 0 Å². The molecule has 4 nitrogen and oxygen atoms in total. The van der Waals surface area contributed by atoms with Crippen LogP contribution in [0.5, 0.6) is 0 Å². The van der Waals surface area contributed by atoms with Gasteiger partial charge < -0.3 is 10.2 Å². The molecule has 0 atom stereocenters. The maximum atomic E-state index is 8.92. The molecular weight excluding hydrogens is 180 g/mol. The van der Waals surface area contributed by atoms with Crippen LogP contribution in [0.25, 0.3) is 0 Å². The molecule has 2 N–H and O–H groups in total. The molecule has 82 valence electrons. The van der Waals surface area contributed by atoms with Gasteiger partial charge >= 0.3 is 0 Å². The lowest BCUT2D eigenvalue weighted by molar-refractivity contribution is 0.215. The summed E-state index contributed by atoms with van der Waals surface area (Å²) >= 11 is 0. The molecule has 0 aliphatic carbocycles. The van der Waals surface area contributed by atoms with Crippen molar-refractivity contribution in [2.24, 2.45) is 21.0 Å². The van der Waals surface area contributed by atoms with Gasteiger partial charge in [0.15, 0.2) is 0 Å². The van der Waals surface area contributed by atoms with Crippen molar-refractivity contribution in [1.82, 2.24) is 0 Å². The first-order chi connectivity index (χ1) is 6.33. The van der Waals surface area contributed by atoms with Gasteiger partial charge in [0, 0.05) is 23.3 Å². The second-order valence-electron chi connectivity index (χ2n) is 4.78. The van der Waals surface area contributed by atoms with Crippen LogP contribution in [0.4, 0.5) is 0 Å². The molecule has 0 unspecified atom stereocenters. The molecular formula is C10H20N2O2. The molecule has 0 aromatic heterocycles. The van der Waals surface area contributed by atoms with Gasteiger partial charge in [-0.3, -0.25) is 0 Å². The van der Waals surface area contributed by atoms with Crippen molar-refractivity contribution in [3.05, 3.63) is 0 Å². The van der Waals surface area contributed by atoms with Crippen LogP contribution in [0.2, 0.25) is 0 Å². The third-order valence-corrected chi connectivity index (χ3v) is 1.70. The molecule has 0 spiro atoms. The van der Waals surface area contributed by atoms with E-state index in [9.17, 15) is 0 Å². The van der Waals surface area contributed by atoms with E-state index in [2.05, 4.69) is 10.2 Å². The smallest absolute Gasteiger partial charge is 0.0532 e. The number of aliphatic hydroxyl groups excluding tert-OH is 2. The molecule has 0 saturated heterocycles. The average Bonchev–Trinajstić information content (AvgIpc) is 2.13. The first-order valence-corrected chi connectivity index (χ1v) is 4.63. The second-order valence-corrected chi connectivity index (χ2v) is 4.78. The summed E-state index contributed by atoms with van der Waals surface area (Å²) < 4.78 is 0. The van der Waals surface area contributed by atoms with E-state index in [1.54, 1.807) is 12.4 Å². The molecule has 0 saturated carbocycles. The van der Waals surface area contributed by atoms with Gasteiger partial charge in [-0.15, -0.1) is 0 Å². The van der Waals surface area contributed by atoms with Gasteiger partial charge in [0.25, 0.3) is 0 Å². The van der Waals surface area contributed by atoms with E-state index in [0.717, 1.165) is 0 Å². The molecule has 14 heavy (non-hydrogen) atoms. The molecule has 0 aromatic carbocycles. The monoisotopic (exact) mass is 200 g/mol. The van der Waals surface area contributed by atoms with Crippen LogP contribution in [-0.2, 0) is 0 Å². The molecule has 0 bridgehead atoms. The second kappa shape index (κ2) is 5.22. The van der Waals surface area contributed by atoms with E-state index in [0.29, 0.717) is 0 Å². The molecule has 4 heteroatoms. The summed E-state index contributed by atoms with van der Waals surface area (Å²) in [7, 11) is 0. The topological polar surface area (TPSA) is 65.2 Å². The number of hydrogen-bond acceptors (Lipinski definition) is 4. The Bertz CT molecular complexity index is 196. The maximum absolute atomic E-state index is 8.92. The summed E-state index contributed by atoms with van der Waals surface area (Å²) in [5.41, 5.74) is -0.693. The van der Waals surface area contributed by atoms with Gasteiger partial charge in [-0.25, -0.2) is 0 Å². The van der Waals surface area contributed by atoms with Crippen LogP contribution in [0.1, 0.15) is 27.7 Å². The summed E-state index contributed by atoms with van der Waals surface area (Å²) in [6, 6.07) is 0. The number of nitrogens with zero attached hydrogens (tertiary/aromatic N) is 2. The van der Waals surface area contributed by atoms with Crippen molar-refractivity contribution in [2.45, 2.75) is 27.7 Å². The number of rotatable bonds is 5. The van der Waals surface area contributed by atoms with Crippen LogP contribution in [0.15, 0.2) is 10.2 Å².